The number of carbonyl (C=O) groups is 1. The second kappa shape index (κ2) is 7.16. The Kier molecular flexibility index (Phi) is 6.32. The minimum absolute atomic E-state index is 1.21. The van der Waals surface area contributed by atoms with Crippen molar-refractivity contribution in [3.63, 3.8) is 0 Å². The van der Waals surface area contributed by atoms with Gasteiger partial charge in [-0.25, -0.2) is 4.79 Å². The van der Waals surface area contributed by atoms with Crippen molar-refractivity contribution in [2.45, 2.75) is 19.8 Å². The van der Waals surface area contributed by atoms with Crippen molar-refractivity contribution in [1.29, 1.82) is 0 Å². The van der Waals surface area contributed by atoms with Gasteiger partial charge in [-0.1, -0.05) is 43.7 Å². The third kappa shape index (κ3) is 8.40. The molecule has 0 aliphatic rings. The number of aryl methyl sites for hydroxylation is 1. The van der Waals surface area contributed by atoms with Gasteiger partial charge in [0.2, 0.25) is 0 Å². The van der Waals surface area contributed by atoms with Gasteiger partial charge in [-0.05, 0) is 12.0 Å². The van der Waals surface area contributed by atoms with Crippen LogP contribution in [0.15, 0.2) is 30.3 Å². The van der Waals surface area contributed by atoms with Gasteiger partial charge in [0.15, 0.2) is 0 Å². The molecule has 0 atom stereocenters. The van der Waals surface area contributed by atoms with Crippen LogP contribution in [0.4, 0.5) is 4.79 Å². The molecule has 0 amide bonds. The zero-order valence-corrected chi connectivity index (χ0v) is 7.60. The fraction of sp³-hybridized carbons (Fsp3) is 0.300. The van der Waals surface area contributed by atoms with Crippen molar-refractivity contribution in [2.24, 2.45) is 0 Å². The van der Waals surface area contributed by atoms with E-state index >= 15 is 0 Å². The van der Waals surface area contributed by atoms with Gasteiger partial charge in [-0.3, -0.25) is 0 Å². The Morgan fingerprint density at radius 3 is 2.08 bits per heavy atom. The molecule has 13 heavy (non-hydrogen) atoms. The fourth-order valence-electron chi connectivity index (χ4n) is 0.933. The Hall–Kier alpha value is -1.51. The summed E-state index contributed by atoms with van der Waals surface area (Å²) in [5.74, 6) is 0. The van der Waals surface area contributed by atoms with Crippen LogP contribution in [0, 0.1) is 0 Å². The summed E-state index contributed by atoms with van der Waals surface area (Å²) in [6, 6.07) is 10.6. The van der Waals surface area contributed by atoms with Gasteiger partial charge in [0.25, 0.3) is 0 Å². The van der Waals surface area contributed by atoms with Crippen LogP contribution in [0.3, 0.4) is 0 Å². The normalized spacial score (nSPS) is 8.38. The molecule has 0 aliphatic heterocycles. The molecule has 3 heteroatoms. The molecule has 0 heterocycles. The number of rotatable bonds is 2. The minimum atomic E-state index is -1.83. The third-order valence-corrected chi connectivity index (χ3v) is 1.38. The molecular weight excluding hydrogens is 168 g/mol. The Bertz CT molecular complexity index is 227. The molecular formula is C10H14O3. The molecule has 2 N–H and O–H groups in total. The first-order valence-electron chi connectivity index (χ1n) is 4.12. The Morgan fingerprint density at radius 1 is 1.23 bits per heavy atom. The zero-order chi connectivity index (χ0) is 10.1. The molecule has 0 fully saturated rings. The maximum atomic E-state index is 8.56. The lowest BCUT2D eigenvalue weighted by Gasteiger charge is -1.93. The van der Waals surface area contributed by atoms with Crippen LogP contribution in [0.1, 0.15) is 18.9 Å². The summed E-state index contributed by atoms with van der Waals surface area (Å²) in [6.45, 7) is 2.20. The summed E-state index contributed by atoms with van der Waals surface area (Å²) in [6.07, 6.45) is 0.616. The summed E-state index contributed by atoms with van der Waals surface area (Å²) in [7, 11) is 0. The summed E-state index contributed by atoms with van der Waals surface area (Å²) in [4.78, 5) is 8.56. The standard InChI is InChI=1S/C9H12.CH2O3/c1-2-6-9-7-4-3-5-8-9;2-1(3)4/h3-5,7-8H,2,6H2,1H3;(H2,2,3,4). The molecule has 3 nitrogen and oxygen atoms in total. The van der Waals surface area contributed by atoms with Crippen LogP contribution < -0.4 is 0 Å². The van der Waals surface area contributed by atoms with E-state index < -0.39 is 6.16 Å². The highest BCUT2D eigenvalue weighted by molar-refractivity contribution is 5.53. The smallest absolute Gasteiger partial charge is 0.450 e. The summed E-state index contributed by atoms with van der Waals surface area (Å²) in [5, 5.41) is 13.9. The maximum absolute atomic E-state index is 8.56. The number of carboxylic acid groups (broad SMARTS) is 2. The number of hydrogen-bond donors (Lipinski definition) is 2. The van der Waals surface area contributed by atoms with Crippen LogP contribution in [0.25, 0.3) is 0 Å². The van der Waals surface area contributed by atoms with Gasteiger partial charge in [-0.2, -0.15) is 0 Å². The first-order chi connectivity index (χ1) is 6.16. The molecule has 0 aliphatic carbocycles. The molecule has 0 aromatic heterocycles. The van der Waals surface area contributed by atoms with Gasteiger partial charge in [-0.15, -0.1) is 0 Å². The number of benzene rings is 1. The van der Waals surface area contributed by atoms with Crippen LogP contribution in [0.5, 0.6) is 0 Å². The van der Waals surface area contributed by atoms with Crippen molar-refractivity contribution >= 4 is 6.16 Å². The predicted molar refractivity (Wildman–Crippen MR) is 51.1 cm³/mol. The maximum Gasteiger partial charge on any atom is 0.503 e. The van der Waals surface area contributed by atoms with Crippen molar-refractivity contribution in [2.75, 3.05) is 0 Å². The van der Waals surface area contributed by atoms with Gasteiger partial charge in [0.1, 0.15) is 0 Å². The summed E-state index contributed by atoms with van der Waals surface area (Å²) < 4.78 is 0. The molecule has 0 saturated carbocycles. The fourth-order valence-corrected chi connectivity index (χ4v) is 0.933. The van der Waals surface area contributed by atoms with E-state index in [1.807, 2.05) is 0 Å². The summed E-state index contributed by atoms with van der Waals surface area (Å²) >= 11 is 0. The van der Waals surface area contributed by atoms with Crippen molar-refractivity contribution in [3.8, 4) is 0 Å². The molecule has 0 bridgehead atoms. The average Bonchev–Trinajstić information content (AvgIpc) is 2.06. The lowest BCUT2D eigenvalue weighted by molar-refractivity contribution is 0.137. The molecule has 0 unspecified atom stereocenters. The first-order valence-corrected chi connectivity index (χ1v) is 4.12. The zero-order valence-electron chi connectivity index (χ0n) is 7.60. The molecule has 1 aromatic rings. The lowest BCUT2D eigenvalue weighted by atomic mass is 10.1. The average molecular weight is 182 g/mol. The molecule has 1 rings (SSSR count). The largest absolute Gasteiger partial charge is 0.503 e. The van der Waals surface area contributed by atoms with E-state index in [1.165, 1.54) is 18.4 Å². The van der Waals surface area contributed by atoms with Gasteiger partial charge in [0.05, 0.1) is 0 Å². The van der Waals surface area contributed by atoms with E-state index in [9.17, 15) is 0 Å². The third-order valence-electron chi connectivity index (χ3n) is 1.38. The Labute approximate surface area is 77.6 Å². The van der Waals surface area contributed by atoms with Crippen LogP contribution >= 0.6 is 0 Å². The van der Waals surface area contributed by atoms with Gasteiger partial charge >= 0.3 is 6.16 Å². The van der Waals surface area contributed by atoms with E-state index in [0.29, 0.717) is 0 Å². The van der Waals surface area contributed by atoms with Crippen LogP contribution in [-0.2, 0) is 6.42 Å². The molecule has 72 valence electrons. The highest BCUT2D eigenvalue weighted by Crippen LogP contribution is 2.00. The molecule has 0 saturated heterocycles. The van der Waals surface area contributed by atoms with Gasteiger partial charge < -0.3 is 10.2 Å². The minimum Gasteiger partial charge on any atom is -0.450 e. The highest BCUT2D eigenvalue weighted by atomic mass is 16.6. The van der Waals surface area contributed by atoms with Crippen molar-refractivity contribution in [3.05, 3.63) is 35.9 Å². The molecule has 1 aromatic carbocycles. The van der Waals surface area contributed by atoms with E-state index in [2.05, 4.69) is 37.3 Å². The van der Waals surface area contributed by atoms with Crippen LogP contribution in [0.2, 0.25) is 0 Å². The van der Waals surface area contributed by atoms with Crippen LogP contribution in [-0.4, -0.2) is 16.4 Å². The van der Waals surface area contributed by atoms with Crippen molar-refractivity contribution in [1.82, 2.24) is 0 Å². The Morgan fingerprint density at radius 2 is 1.69 bits per heavy atom. The highest BCUT2D eigenvalue weighted by Gasteiger charge is 1.84. The van der Waals surface area contributed by atoms with E-state index in [1.54, 1.807) is 0 Å². The molecule has 0 spiro atoms. The predicted octanol–water partition coefficient (Wildman–Crippen LogP) is 2.86. The SMILES string of the molecule is CCCc1ccccc1.O=C(O)O. The Balaban J connectivity index is 0.000000310. The monoisotopic (exact) mass is 182 g/mol. The van der Waals surface area contributed by atoms with Crippen molar-refractivity contribution < 1.29 is 15.0 Å². The lowest BCUT2D eigenvalue weighted by Crippen LogP contribution is -1.81. The second-order valence-corrected chi connectivity index (χ2v) is 2.52. The van der Waals surface area contributed by atoms with E-state index in [-0.39, 0.29) is 0 Å². The van der Waals surface area contributed by atoms with E-state index in [0.717, 1.165) is 0 Å². The summed E-state index contributed by atoms with van der Waals surface area (Å²) in [5.41, 5.74) is 1.44. The quantitative estimate of drug-likeness (QED) is 0.739. The first kappa shape index (κ1) is 11.5. The topological polar surface area (TPSA) is 57.5 Å². The molecule has 0 radical (unpaired) electrons. The second-order valence-electron chi connectivity index (χ2n) is 2.52. The van der Waals surface area contributed by atoms with E-state index in [4.69, 9.17) is 15.0 Å². The number of hydrogen-bond acceptors (Lipinski definition) is 1. The van der Waals surface area contributed by atoms with Gasteiger partial charge in [0, 0.05) is 0 Å².